The first-order chi connectivity index (χ1) is 16.2. The molecule has 6 nitrogen and oxygen atoms in total. The van der Waals surface area contributed by atoms with E-state index in [0.717, 1.165) is 60.9 Å². The molecule has 2 heterocycles. The van der Waals surface area contributed by atoms with E-state index in [2.05, 4.69) is 20.9 Å². The van der Waals surface area contributed by atoms with Gasteiger partial charge in [0, 0.05) is 41.5 Å². The topological polar surface area (TPSA) is 83.1 Å². The molecule has 3 aromatic rings. The van der Waals surface area contributed by atoms with Crippen LogP contribution in [0.5, 0.6) is 0 Å². The Morgan fingerprint density at radius 3 is 2.76 bits per heavy atom. The van der Waals surface area contributed by atoms with E-state index in [1.807, 2.05) is 54.7 Å². The van der Waals surface area contributed by atoms with Crippen LogP contribution in [-0.4, -0.2) is 36.4 Å². The van der Waals surface area contributed by atoms with E-state index in [4.69, 9.17) is 0 Å². The first kappa shape index (κ1) is 21.6. The third-order valence-electron chi connectivity index (χ3n) is 6.88. The lowest BCUT2D eigenvalue weighted by molar-refractivity contribution is -0.117. The van der Waals surface area contributed by atoms with E-state index in [1.165, 1.54) is 6.42 Å². The summed E-state index contributed by atoms with van der Waals surface area (Å²) in [6.07, 6.45) is 7.85. The molecule has 2 amide bonds. The second-order valence-corrected chi connectivity index (χ2v) is 9.25. The van der Waals surface area contributed by atoms with Gasteiger partial charge in [0.25, 0.3) is 5.91 Å². The van der Waals surface area contributed by atoms with Gasteiger partial charge in [-0.05, 0) is 91.9 Å². The highest BCUT2D eigenvalue weighted by molar-refractivity contribution is 5.97. The summed E-state index contributed by atoms with van der Waals surface area (Å²) in [5.74, 6) is 0.767. The summed E-state index contributed by atoms with van der Waals surface area (Å²) in [4.78, 5) is 29.4. The fourth-order valence-corrected chi connectivity index (χ4v) is 4.77. The molecule has 2 fully saturated rings. The molecule has 6 heteroatoms. The molecule has 1 saturated carbocycles. The molecular formula is C27H30N4O2. The summed E-state index contributed by atoms with van der Waals surface area (Å²) < 4.78 is 0. The molecule has 1 aliphatic heterocycles. The Morgan fingerprint density at radius 1 is 1.00 bits per heavy atom. The van der Waals surface area contributed by atoms with Crippen molar-refractivity contribution in [2.45, 2.75) is 31.6 Å². The minimum Gasteiger partial charge on any atom is -0.352 e. The second kappa shape index (κ2) is 9.71. The number of amides is 2. The Bertz CT molecular complexity index is 1140. The number of fused-ring (bicyclic) bond motifs is 1. The van der Waals surface area contributed by atoms with Crippen molar-refractivity contribution in [2.24, 2.45) is 11.8 Å². The van der Waals surface area contributed by atoms with Crippen LogP contribution >= 0.6 is 0 Å². The van der Waals surface area contributed by atoms with Crippen molar-refractivity contribution >= 4 is 28.3 Å². The summed E-state index contributed by atoms with van der Waals surface area (Å²) in [5.41, 5.74) is 2.60. The largest absolute Gasteiger partial charge is 0.352 e. The smallest absolute Gasteiger partial charge is 0.251 e. The number of carbonyl (C=O) groups is 2. The molecule has 0 radical (unpaired) electrons. The van der Waals surface area contributed by atoms with Crippen LogP contribution in [-0.2, 0) is 4.79 Å². The zero-order chi connectivity index (χ0) is 22.6. The lowest BCUT2D eigenvalue weighted by atomic mass is 10.0. The standard InChI is InChI=1S/C27H30N4O2/c32-26(30-16-18-2-1-11-28-12-9-18)20-5-3-19(4-6-20)24-15-25(24)27(33)31-23-8-7-22-17-29-13-10-21(22)14-23/h3-8,10,13-14,17-18,24-25,28H,1-2,9,11-12,15-16H2,(H,30,32)(H,31,33)/t18-,24+,25-/m1/s1. The highest BCUT2D eigenvalue weighted by Gasteiger charge is 2.43. The number of nitrogens with zero attached hydrogens (tertiary/aromatic N) is 1. The van der Waals surface area contributed by atoms with E-state index in [9.17, 15) is 9.59 Å². The van der Waals surface area contributed by atoms with Gasteiger partial charge in [-0.3, -0.25) is 14.6 Å². The lowest BCUT2D eigenvalue weighted by Crippen LogP contribution is -2.29. The quantitative estimate of drug-likeness (QED) is 0.537. The van der Waals surface area contributed by atoms with Crippen molar-refractivity contribution in [2.75, 3.05) is 25.0 Å². The van der Waals surface area contributed by atoms with Crippen LogP contribution in [0.4, 0.5) is 5.69 Å². The summed E-state index contributed by atoms with van der Waals surface area (Å²) >= 11 is 0. The van der Waals surface area contributed by atoms with Gasteiger partial charge in [-0.1, -0.05) is 18.2 Å². The van der Waals surface area contributed by atoms with Crippen LogP contribution in [0.1, 0.15) is 47.5 Å². The maximum absolute atomic E-state index is 12.7. The van der Waals surface area contributed by atoms with Gasteiger partial charge in [0.1, 0.15) is 0 Å². The van der Waals surface area contributed by atoms with Gasteiger partial charge >= 0.3 is 0 Å². The van der Waals surface area contributed by atoms with Crippen molar-refractivity contribution in [3.05, 3.63) is 72.1 Å². The maximum Gasteiger partial charge on any atom is 0.251 e. The first-order valence-corrected chi connectivity index (χ1v) is 11.9. The number of carbonyl (C=O) groups excluding carboxylic acids is 2. The normalized spacial score (nSPS) is 22.4. The predicted molar refractivity (Wildman–Crippen MR) is 130 cm³/mol. The second-order valence-electron chi connectivity index (χ2n) is 9.25. The molecule has 1 aromatic heterocycles. The molecular weight excluding hydrogens is 412 g/mol. The maximum atomic E-state index is 12.7. The fourth-order valence-electron chi connectivity index (χ4n) is 4.77. The van der Waals surface area contributed by atoms with Gasteiger partial charge in [0.05, 0.1) is 0 Å². The molecule has 0 spiro atoms. The van der Waals surface area contributed by atoms with Gasteiger partial charge in [-0.25, -0.2) is 0 Å². The molecule has 1 aliphatic carbocycles. The van der Waals surface area contributed by atoms with E-state index >= 15 is 0 Å². The van der Waals surface area contributed by atoms with Crippen LogP contribution in [0, 0.1) is 11.8 Å². The number of anilines is 1. The summed E-state index contributed by atoms with van der Waals surface area (Å²) in [5, 5.41) is 11.7. The molecule has 2 aromatic carbocycles. The average Bonchev–Trinajstić information content (AvgIpc) is 3.67. The highest BCUT2D eigenvalue weighted by Crippen LogP contribution is 2.48. The van der Waals surface area contributed by atoms with E-state index in [0.29, 0.717) is 11.5 Å². The van der Waals surface area contributed by atoms with Crippen molar-refractivity contribution in [3.63, 3.8) is 0 Å². The number of hydrogen-bond acceptors (Lipinski definition) is 4. The predicted octanol–water partition coefficient (Wildman–Crippen LogP) is 4.10. The van der Waals surface area contributed by atoms with Crippen molar-refractivity contribution in [1.82, 2.24) is 15.6 Å². The molecule has 0 bridgehead atoms. The number of pyridine rings is 1. The number of rotatable bonds is 6. The van der Waals surface area contributed by atoms with Gasteiger partial charge in [0.15, 0.2) is 0 Å². The van der Waals surface area contributed by atoms with E-state index in [-0.39, 0.29) is 23.7 Å². The summed E-state index contributed by atoms with van der Waals surface area (Å²) in [6.45, 7) is 2.84. The molecule has 170 valence electrons. The third-order valence-corrected chi connectivity index (χ3v) is 6.88. The molecule has 3 N–H and O–H groups in total. The van der Waals surface area contributed by atoms with Crippen LogP contribution in [0.25, 0.3) is 10.8 Å². The van der Waals surface area contributed by atoms with Gasteiger partial charge < -0.3 is 16.0 Å². The minimum atomic E-state index is -0.0262. The first-order valence-electron chi connectivity index (χ1n) is 11.9. The number of aromatic nitrogens is 1. The monoisotopic (exact) mass is 442 g/mol. The Balaban J connectivity index is 1.14. The average molecular weight is 443 g/mol. The van der Waals surface area contributed by atoms with Crippen LogP contribution in [0.15, 0.2) is 60.9 Å². The van der Waals surface area contributed by atoms with E-state index < -0.39 is 0 Å². The minimum absolute atomic E-state index is 0.0182. The highest BCUT2D eigenvalue weighted by atomic mass is 16.2. The molecule has 5 rings (SSSR count). The SMILES string of the molecule is O=C(NC[C@@H]1CCCNCC1)c1ccc([C@@H]2C[C@H]2C(=O)Nc2ccc3cnccc3c2)cc1. The molecule has 33 heavy (non-hydrogen) atoms. The Labute approximate surface area is 194 Å². The molecule has 2 aliphatic rings. The number of benzene rings is 2. The van der Waals surface area contributed by atoms with Gasteiger partial charge in [0.2, 0.25) is 5.91 Å². The van der Waals surface area contributed by atoms with Crippen molar-refractivity contribution in [3.8, 4) is 0 Å². The fraction of sp³-hybridized carbons (Fsp3) is 0.370. The third kappa shape index (κ3) is 5.22. The Morgan fingerprint density at radius 2 is 1.88 bits per heavy atom. The Kier molecular flexibility index (Phi) is 6.35. The zero-order valence-corrected chi connectivity index (χ0v) is 18.7. The van der Waals surface area contributed by atoms with Crippen LogP contribution in [0.2, 0.25) is 0 Å². The molecule has 1 saturated heterocycles. The van der Waals surface area contributed by atoms with Gasteiger partial charge in [-0.15, -0.1) is 0 Å². The van der Waals surface area contributed by atoms with E-state index in [1.54, 1.807) is 6.20 Å². The Hall–Kier alpha value is -3.25. The number of nitrogens with one attached hydrogen (secondary N) is 3. The van der Waals surface area contributed by atoms with Crippen molar-refractivity contribution < 1.29 is 9.59 Å². The zero-order valence-electron chi connectivity index (χ0n) is 18.7. The van der Waals surface area contributed by atoms with Crippen molar-refractivity contribution in [1.29, 1.82) is 0 Å². The van der Waals surface area contributed by atoms with Crippen LogP contribution in [0.3, 0.4) is 0 Å². The summed E-state index contributed by atoms with van der Waals surface area (Å²) in [7, 11) is 0. The van der Waals surface area contributed by atoms with Gasteiger partial charge in [-0.2, -0.15) is 0 Å². The lowest BCUT2D eigenvalue weighted by Gasteiger charge is -2.14. The molecule has 3 atom stereocenters. The molecule has 0 unspecified atom stereocenters. The summed E-state index contributed by atoms with van der Waals surface area (Å²) in [6, 6.07) is 15.5. The van der Waals surface area contributed by atoms with Crippen LogP contribution < -0.4 is 16.0 Å². The number of hydrogen-bond donors (Lipinski definition) is 3.